The van der Waals surface area contributed by atoms with E-state index in [9.17, 15) is 0 Å². The summed E-state index contributed by atoms with van der Waals surface area (Å²) in [5.41, 5.74) is 7.27. The lowest BCUT2D eigenvalue weighted by molar-refractivity contribution is 0.181. The van der Waals surface area contributed by atoms with Gasteiger partial charge < -0.3 is 29.9 Å². The molecule has 0 spiro atoms. The standard InChI is InChI=1S/C16H26BN5O5.ClH/c1-25-14-7-6-12(11-15(14)26-2)8-9-22-16(19-20-21-22)13(18)5-3-4-10-27-17(23)24;/h6-7,11,13,23-24H,3-5,8-10,18H2,1-2H3;1H. The van der Waals surface area contributed by atoms with Crippen molar-refractivity contribution >= 4 is 19.7 Å². The maximum Gasteiger partial charge on any atom is 0.633 e. The second-order valence-corrected chi connectivity index (χ2v) is 6.00. The Morgan fingerprint density at radius 3 is 2.61 bits per heavy atom. The Kier molecular flexibility index (Phi) is 10.8. The molecular formula is C16H27BClN5O5. The van der Waals surface area contributed by atoms with Gasteiger partial charge in [0.2, 0.25) is 0 Å². The molecule has 2 aromatic rings. The van der Waals surface area contributed by atoms with E-state index in [0.29, 0.717) is 43.1 Å². The van der Waals surface area contributed by atoms with Gasteiger partial charge in [0.05, 0.1) is 20.3 Å². The fourth-order valence-corrected chi connectivity index (χ4v) is 2.69. The molecule has 0 saturated carbocycles. The van der Waals surface area contributed by atoms with Gasteiger partial charge in [0.15, 0.2) is 17.3 Å². The lowest BCUT2D eigenvalue weighted by Crippen LogP contribution is -2.19. The molecule has 10 nitrogen and oxygen atoms in total. The van der Waals surface area contributed by atoms with Crippen molar-refractivity contribution in [1.29, 1.82) is 0 Å². The normalized spacial score (nSPS) is 11.6. The third-order valence-corrected chi connectivity index (χ3v) is 4.13. The van der Waals surface area contributed by atoms with Crippen LogP contribution in [0.3, 0.4) is 0 Å². The van der Waals surface area contributed by atoms with E-state index in [2.05, 4.69) is 20.2 Å². The number of nitrogens with two attached hydrogens (primary N) is 1. The third kappa shape index (κ3) is 7.25. The molecule has 1 aromatic heterocycles. The molecule has 0 bridgehead atoms. The molecule has 12 heteroatoms. The van der Waals surface area contributed by atoms with Crippen LogP contribution in [0, 0.1) is 0 Å². The summed E-state index contributed by atoms with van der Waals surface area (Å²) < 4.78 is 16.9. The first kappa shape index (κ1) is 24.1. The minimum atomic E-state index is -1.73. The number of halogens is 1. The van der Waals surface area contributed by atoms with E-state index in [4.69, 9.17) is 25.3 Å². The van der Waals surface area contributed by atoms with E-state index in [1.807, 2.05) is 18.2 Å². The highest BCUT2D eigenvalue weighted by atomic mass is 35.5. The monoisotopic (exact) mass is 415 g/mol. The summed E-state index contributed by atoms with van der Waals surface area (Å²) >= 11 is 0. The van der Waals surface area contributed by atoms with Crippen molar-refractivity contribution in [1.82, 2.24) is 20.2 Å². The first-order valence-electron chi connectivity index (χ1n) is 8.75. The van der Waals surface area contributed by atoms with Gasteiger partial charge in [-0.1, -0.05) is 6.07 Å². The zero-order chi connectivity index (χ0) is 19.6. The molecule has 28 heavy (non-hydrogen) atoms. The number of hydrogen-bond acceptors (Lipinski definition) is 9. The lowest BCUT2D eigenvalue weighted by Gasteiger charge is -2.12. The highest BCUT2D eigenvalue weighted by molar-refractivity contribution is 6.32. The number of nitrogens with zero attached hydrogens (tertiary/aromatic N) is 4. The van der Waals surface area contributed by atoms with Gasteiger partial charge in [0, 0.05) is 13.2 Å². The molecule has 0 amide bonds. The number of unbranched alkanes of at least 4 members (excludes halogenated alkanes) is 1. The van der Waals surface area contributed by atoms with E-state index in [1.165, 1.54) is 0 Å². The van der Waals surface area contributed by atoms with Crippen LogP contribution < -0.4 is 15.2 Å². The summed E-state index contributed by atoms with van der Waals surface area (Å²) in [7, 11) is 1.47. The van der Waals surface area contributed by atoms with Crippen LogP contribution in [0.2, 0.25) is 0 Å². The molecule has 0 aliphatic rings. The quantitative estimate of drug-likeness (QED) is 0.334. The van der Waals surface area contributed by atoms with Crippen LogP contribution in [0.4, 0.5) is 0 Å². The number of tetrazole rings is 1. The van der Waals surface area contributed by atoms with E-state index in [1.54, 1.807) is 18.9 Å². The van der Waals surface area contributed by atoms with Crippen LogP contribution in [0.5, 0.6) is 11.5 Å². The number of aryl methyl sites for hydroxylation is 2. The predicted octanol–water partition coefficient (Wildman–Crippen LogP) is 0.511. The Balaban J connectivity index is 0.00000392. The zero-order valence-corrected chi connectivity index (χ0v) is 16.8. The maximum absolute atomic E-state index is 8.63. The molecule has 0 aliphatic carbocycles. The zero-order valence-electron chi connectivity index (χ0n) is 16.0. The lowest BCUT2D eigenvalue weighted by atomic mass is 10.1. The average Bonchev–Trinajstić information content (AvgIpc) is 3.14. The summed E-state index contributed by atoms with van der Waals surface area (Å²) in [6.45, 7) is 0.847. The molecule has 4 N–H and O–H groups in total. The van der Waals surface area contributed by atoms with Crippen molar-refractivity contribution in [3.8, 4) is 11.5 Å². The summed E-state index contributed by atoms with van der Waals surface area (Å²) in [6, 6.07) is 5.47. The number of methoxy groups -OCH3 is 2. The molecule has 1 aromatic carbocycles. The fraction of sp³-hybridized carbons (Fsp3) is 0.562. The second kappa shape index (κ2) is 12.5. The Labute approximate surface area is 170 Å². The number of aromatic nitrogens is 4. The van der Waals surface area contributed by atoms with Crippen molar-refractivity contribution < 1.29 is 24.2 Å². The first-order valence-corrected chi connectivity index (χ1v) is 8.75. The van der Waals surface area contributed by atoms with Gasteiger partial charge in [-0.2, -0.15) is 0 Å². The number of hydrogen-bond donors (Lipinski definition) is 3. The van der Waals surface area contributed by atoms with Gasteiger partial charge in [-0.15, -0.1) is 17.5 Å². The second-order valence-electron chi connectivity index (χ2n) is 6.00. The summed E-state index contributed by atoms with van der Waals surface area (Å²) in [5, 5.41) is 29.0. The largest absolute Gasteiger partial charge is 0.633 e. The number of benzene rings is 1. The first-order chi connectivity index (χ1) is 13.0. The highest BCUT2D eigenvalue weighted by Gasteiger charge is 2.15. The van der Waals surface area contributed by atoms with Gasteiger partial charge in [-0.3, -0.25) is 0 Å². The van der Waals surface area contributed by atoms with Gasteiger partial charge in [0.25, 0.3) is 0 Å². The molecule has 156 valence electrons. The minimum Gasteiger partial charge on any atom is -0.493 e. The molecule has 1 heterocycles. The summed E-state index contributed by atoms with van der Waals surface area (Å²) in [5.74, 6) is 1.99. The molecule has 0 fully saturated rings. The summed E-state index contributed by atoms with van der Waals surface area (Å²) in [4.78, 5) is 0. The van der Waals surface area contributed by atoms with Crippen LogP contribution in [-0.4, -0.2) is 58.4 Å². The van der Waals surface area contributed by atoms with Crippen LogP contribution in [-0.2, 0) is 17.6 Å². The molecule has 0 radical (unpaired) electrons. The van der Waals surface area contributed by atoms with Crippen LogP contribution in [0.15, 0.2) is 18.2 Å². The molecular weight excluding hydrogens is 388 g/mol. The SMILES string of the molecule is COc1ccc(CCn2nnnc2C(N)CCCCOB(O)O)cc1OC.Cl. The van der Waals surface area contributed by atoms with E-state index in [-0.39, 0.29) is 25.1 Å². The van der Waals surface area contributed by atoms with E-state index < -0.39 is 7.32 Å². The van der Waals surface area contributed by atoms with Crippen LogP contribution >= 0.6 is 12.4 Å². The molecule has 0 aliphatic heterocycles. The van der Waals surface area contributed by atoms with Crippen molar-refractivity contribution in [3.63, 3.8) is 0 Å². The van der Waals surface area contributed by atoms with Gasteiger partial charge in [0.1, 0.15) is 0 Å². The van der Waals surface area contributed by atoms with E-state index in [0.717, 1.165) is 12.0 Å². The molecule has 2 rings (SSSR count). The molecule has 0 saturated heterocycles. The maximum atomic E-state index is 8.63. The summed E-state index contributed by atoms with van der Waals surface area (Å²) in [6.07, 6.45) is 2.81. The number of rotatable bonds is 12. The Morgan fingerprint density at radius 1 is 1.18 bits per heavy atom. The number of ether oxygens (including phenoxy) is 2. The Hall–Kier alpha value is -1.92. The smallest absolute Gasteiger partial charge is 0.493 e. The van der Waals surface area contributed by atoms with Crippen molar-refractivity contribution in [2.45, 2.75) is 38.3 Å². The van der Waals surface area contributed by atoms with Gasteiger partial charge >= 0.3 is 7.32 Å². The molecule has 1 unspecified atom stereocenters. The predicted molar refractivity (Wildman–Crippen MR) is 105 cm³/mol. The van der Waals surface area contributed by atoms with E-state index >= 15 is 0 Å². The van der Waals surface area contributed by atoms with Crippen molar-refractivity contribution in [2.75, 3.05) is 20.8 Å². The van der Waals surface area contributed by atoms with Gasteiger partial charge in [-0.25, -0.2) is 4.68 Å². The Bertz CT molecular complexity index is 706. The van der Waals surface area contributed by atoms with Crippen LogP contribution in [0.1, 0.15) is 36.7 Å². The average molecular weight is 416 g/mol. The molecule has 1 atom stereocenters. The third-order valence-electron chi connectivity index (χ3n) is 4.13. The minimum absolute atomic E-state index is 0. The van der Waals surface area contributed by atoms with Crippen LogP contribution in [0.25, 0.3) is 0 Å². The van der Waals surface area contributed by atoms with Crippen molar-refractivity contribution in [2.24, 2.45) is 5.73 Å². The fourth-order valence-electron chi connectivity index (χ4n) is 2.69. The van der Waals surface area contributed by atoms with Gasteiger partial charge in [-0.05, 0) is 53.8 Å². The van der Waals surface area contributed by atoms with Crippen molar-refractivity contribution in [3.05, 3.63) is 29.6 Å². The topological polar surface area (TPSA) is 138 Å². The Morgan fingerprint density at radius 2 is 1.93 bits per heavy atom. The highest BCUT2D eigenvalue weighted by Crippen LogP contribution is 2.27.